The first-order chi connectivity index (χ1) is 15.9. The van der Waals surface area contributed by atoms with Crippen LogP contribution in [-0.4, -0.2) is 24.9 Å². The number of rotatable bonds is 6. The first-order valence-electron chi connectivity index (χ1n) is 10.3. The lowest BCUT2D eigenvalue weighted by atomic mass is 10.1. The molecule has 0 saturated heterocycles. The van der Waals surface area contributed by atoms with Crippen molar-refractivity contribution in [2.45, 2.75) is 18.7 Å². The topological polar surface area (TPSA) is 75.7 Å². The van der Waals surface area contributed by atoms with E-state index in [2.05, 4.69) is 5.32 Å². The van der Waals surface area contributed by atoms with E-state index in [1.165, 1.54) is 24.9 Å². The number of benzene rings is 3. The van der Waals surface area contributed by atoms with Crippen LogP contribution in [0.3, 0.4) is 0 Å². The average molecular weight is 459 g/mol. The SMILES string of the molecule is COC(=O)c1ccccc1N1C(=O)C(Nc2cccc(C)c2)=C(Sc2ccc(C)cc2)C1=O. The Hall–Kier alpha value is -3.84. The van der Waals surface area contributed by atoms with Crippen LogP contribution in [0.15, 0.2) is 88.3 Å². The minimum atomic E-state index is -0.626. The number of esters is 1. The molecule has 3 aromatic rings. The van der Waals surface area contributed by atoms with Gasteiger partial charge in [-0.2, -0.15) is 0 Å². The van der Waals surface area contributed by atoms with E-state index in [-0.39, 0.29) is 21.9 Å². The van der Waals surface area contributed by atoms with Crippen LogP contribution >= 0.6 is 11.8 Å². The molecule has 7 heteroatoms. The highest BCUT2D eigenvalue weighted by Crippen LogP contribution is 2.39. The monoisotopic (exact) mass is 458 g/mol. The molecular formula is C26H22N2O4S. The van der Waals surface area contributed by atoms with Crippen LogP contribution in [0.4, 0.5) is 11.4 Å². The summed E-state index contributed by atoms with van der Waals surface area (Å²) < 4.78 is 4.85. The maximum absolute atomic E-state index is 13.6. The average Bonchev–Trinajstić information content (AvgIpc) is 3.04. The Bertz CT molecular complexity index is 1280. The number of imide groups is 1. The fourth-order valence-electron chi connectivity index (χ4n) is 3.48. The van der Waals surface area contributed by atoms with Crippen molar-refractivity contribution in [3.8, 4) is 0 Å². The number of aryl methyl sites for hydroxylation is 2. The molecule has 1 aliphatic heterocycles. The molecule has 0 aliphatic carbocycles. The Labute approximate surface area is 196 Å². The zero-order valence-corrected chi connectivity index (χ0v) is 19.2. The summed E-state index contributed by atoms with van der Waals surface area (Å²) in [7, 11) is 1.26. The second kappa shape index (κ2) is 9.34. The Morgan fingerprint density at radius 3 is 2.30 bits per heavy atom. The Kier molecular flexibility index (Phi) is 6.33. The van der Waals surface area contributed by atoms with Gasteiger partial charge in [0, 0.05) is 10.6 Å². The van der Waals surface area contributed by atoms with Crippen LogP contribution in [0.1, 0.15) is 21.5 Å². The smallest absolute Gasteiger partial charge is 0.339 e. The van der Waals surface area contributed by atoms with Gasteiger partial charge in [0.05, 0.1) is 18.4 Å². The van der Waals surface area contributed by atoms with Crippen LogP contribution in [0, 0.1) is 13.8 Å². The van der Waals surface area contributed by atoms with E-state index in [0.29, 0.717) is 5.69 Å². The fraction of sp³-hybridized carbons (Fsp3) is 0.115. The number of anilines is 2. The lowest BCUT2D eigenvalue weighted by Gasteiger charge is -2.18. The molecule has 2 amide bonds. The third-order valence-electron chi connectivity index (χ3n) is 5.12. The maximum Gasteiger partial charge on any atom is 0.339 e. The summed E-state index contributed by atoms with van der Waals surface area (Å²) >= 11 is 1.21. The van der Waals surface area contributed by atoms with E-state index in [1.54, 1.807) is 18.2 Å². The van der Waals surface area contributed by atoms with Crippen molar-refractivity contribution in [1.29, 1.82) is 0 Å². The van der Waals surface area contributed by atoms with Crippen molar-refractivity contribution in [2.24, 2.45) is 0 Å². The van der Waals surface area contributed by atoms with Crippen molar-refractivity contribution in [2.75, 3.05) is 17.3 Å². The largest absolute Gasteiger partial charge is 0.465 e. The van der Waals surface area contributed by atoms with Gasteiger partial charge in [0.15, 0.2) is 0 Å². The molecule has 6 nitrogen and oxygen atoms in total. The van der Waals surface area contributed by atoms with E-state index in [4.69, 9.17) is 4.74 Å². The molecule has 1 N–H and O–H groups in total. The molecular weight excluding hydrogens is 436 g/mol. The molecule has 0 radical (unpaired) electrons. The number of amides is 2. The zero-order valence-electron chi connectivity index (χ0n) is 18.4. The number of hydrogen-bond acceptors (Lipinski definition) is 6. The summed E-state index contributed by atoms with van der Waals surface area (Å²) in [4.78, 5) is 41.5. The molecule has 166 valence electrons. The summed E-state index contributed by atoms with van der Waals surface area (Å²) in [5, 5.41) is 3.14. The highest BCUT2D eigenvalue weighted by Gasteiger charge is 2.41. The van der Waals surface area contributed by atoms with Crippen LogP contribution in [-0.2, 0) is 14.3 Å². The molecule has 1 heterocycles. The zero-order chi connectivity index (χ0) is 23.5. The normalized spacial score (nSPS) is 13.5. The number of carbonyl (C=O) groups excluding carboxylic acids is 3. The highest BCUT2D eigenvalue weighted by atomic mass is 32.2. The summed E-state index contributed by atoms with van der Waals surface area (Å²) in [6.45, 7) is 3.93. The first kappa shape index (κ1) is 22.4. The fourth-order valence-corrected chi connectivity index (χ4v) is 4.40. The molecule has 4 rings (SSSR count). The van der Waals surface area contributed by atoms with Crippen LogP contribution in [0.2, 0.25) is 0 Å². The molecule has 0 bridgehead atoms. The highest BCUT2D eigenvalue weighted by molar-refractivity contribution is 8.04. The van der Waals surface area contributed by atoms with Gasteiger partial charge in [0.25, 0.3) is 11.8 Å². The molecule has 0 saturated carbocycles. The summed E-state index contributed by atoms with van der Waals surface area (Å²) in [6.07, 6.45) is 0. The van der Waals surface area contributed by atoms with Crippen molar-refractivity contribution in [3.05, 3.63) is 100 Å². The Morgan fingerprint density at radius 2 is 1.61 bits per heavy atom. The van der Waals surface area contributed by atoms with E-state index < -0.39 is 17.8 Å². The molecule has 0 unspecified atom stereocenters. The van der Waals surface area contributed by atoms with Gasteiger partial charge in [-0.1, -0.05) is 53.7 Å². The Morgan fingerprint density at radius 1 is 0.879 bits per heavy atom. The van der Waals surface area contributed by atoms with Gasteiger partial charge in [-0.15, -0.1) is 0 Å². The van der Waals surface area contributed by atoms with Crippen molar-refractivity contribution >= 4 is 40.9 Å². The van der Waals surface area contributed by atoms with E-state index in [1.807, 2.05) is 62.4 Å². The molecule has 0 aromatic heterocycles. The number of ether oxygens (including phenoxy) is 1. The lowest BCUT2D eigenvalue weighted by Crippen LogP contribution is -2.33. The minimum Gasteiger partial charge on any atom is -0.465 e. The predicted octanol–water partition coefficient (Wildman–Crippen LogP) is 5.08. The molecule has 0 atom stereocenters. The second-order valence-electron chi connectivity index (χ2n) is 7.57. The van der Waals surface area contributed by atoms with Gasteiger partial charge in [-0.25, -0.2) is 9.69 Å². The number of hydrogen-bond donors (Lipinski definition) is 1. The quantitative estimate of drug-likeness (QED) is 0.410. The number of para-hydroxylation sites is 1. The standard InChI is InChI=1S/C26H22N2O4S/c1-16-11-13-19(14-12-16)33-23-22(27-18-8-6-7-17(2)15-18)24(29)28(25(23)30)21-10-5-4-9-20(21)26(31)32-3/h4-15,27H,1-3H3. The maximum atomic E-state index is 13.6. The molecule has 0 spiro atoms. The number of carbonyl (C=O) groups is 3. The van der Waals surface area contributed by atoms with Gasteiger partial charge in [-0.05, 0) is 55.8 Å². The van der Waals surface area contributed by atoms with Crippen molar-refractivity contribution in [3.63, 3.8) is 0 Å². The van der Waals surface area contributed by atoms with Crippen molar-refractivity contribution in [1.82, 2.24) is 0 Å². The van der Waals surface area contributed by atoms with Gasteiger partial charge < -0.3 is 10.1 Å². The number of methoxy groups -OCH3 is 1. The Balaban J connectivity index is 1.79. The lowest BCUT2D eigenvalue weighted by molar-refractivity contribution is -0.120. The third kappa shape index (κ3) is 4.54. The van der Waals surface area contributed by atoms with Crippen LogP contribution in [0.5, 0.6) is 0 Å². The van der Waals surface area contributed by atoms with Gasteiger partial charge in [0.1, 0.15) is 10.6 Å². The van der Waals surface area contributed by atoms with Gasteiger partial charge >= 0.3 is 5.97 Å². The van der Waals surface area contributed by atoms with E-state index in [9.17, 15) is 14.4 Å². The minimum absolute atomic E-state index is 0.137. The third-order valence-corrected chi connectivity index (χ3v) is 6.21. The number of nitrogens with one attached hydrogen (secondary N) is 1. The first-order valence-corrected chi connectivity index (χ1v) is 11.1. The molecule has 1 aliphatic rings. The molecule has 33 heavy (non-hydrogen) atoms. The second-order valence-corrected chi connectivity index (χ2v) is 8.65. The summed E-state index contributed by atoms with van der Waals surface area (Å²) in [5.41, 5.74) is 3.28. The number of nitrogens with zero attached hydrogens (tertiary/aromatic N) is 1. The number of thioether (sulfide) groups is 1. The molecule has 0 fully saturated rings. The van der Waals surface area contributed by atoms with Crippen LogP contribution in [0.25, 0.3) is 0 Å². The van der Waals surface area contributed by atoms with Gasteiger partial charge in [0.2, 0.25) is 0 Å². The van der Waals surface area contributed by atoms with Crippen molar-refractivity contribution < 1.29 is 19.1 Å². The van der Waals surface area contributed by atoms with Gasteiger partial charge in [-0.3, -0.25) is 9.59 Å². The summed E-state index contributed by atoms with van der Waals surface area (Å²) in [6, 6.07) is 21.7. The van der Waals surface area contributed by atoms with E-state index >= 15 is 0 Å². The molecule has 3 aromatic carbocycles. The summed E-state index contributed by atoms with van der Waals surface area (Å²) in [5.74, 6) is -1.66. The van der Waals surface area contributed by atoms with E-state index in [0.717, 1.165) is 20.9 Å². The predicted molar refractivity (Wildman–Crippen MR) is 129 cm³/mol. The van der Waals surface area contributed by atoms with Crippen LogP contribution < -0.4 is 10.2 Å².